The zero-order valence-corrected chi connectivity index (χ0v) is 14.3. The van der Waals surface area contributed by atoms with E-state index in [0.29, 0.717) is 19.5 Å². The van der Waals surface area contributed by atoms with Crippen molar-refractivity contribution >= 4 is 5.91 Å². The molecule has 1 unspecified atom stereocenters. The SMILES string of the molecule is C[C@@H](O)CNCC(=O)N1CCc2ccc(F)cc2C1c1ccccc1. The van der Waals surface area contributed by atoms with E-state index in [1.165, 1.54) is 12.1 Å². The number of hydrogen-bond acceptors (Lipinski definition) is 3. The molecule has 0 bridgehead atoms. The van der Waals surface area contributed by atoms with E-state index in [-0.39, 0.29) is 24.3 Å². The first-order valence-corrected chi connectivity index (χ1v) is 8.58. The number of aliphatic hydroxyl groups is 1. The fraction of sp³-hybridized carbons (Fsp3) is 0.350. The standard InChI is InChI=1S/C20H23FN2O2/c1-14(24)12-22-13-19(25)23-10-9-15-7-8-17(21)11-18(15)20(23)16-5-3-2-4-6-16/h2-8,11,14,20,22,24H,9-10,12-13H2,1H3/t14-,20?/m1/s1. The Labute approximate surface area is 147 Å². The highest BCUT2D eigenvalue weighted by atomic mass is 19.1. The average molecular weight is 342 g/mol. The molecule has 5 heteroatoms. The fourth-order valence-electron chi connectivity index (χ4n) is 3.34. The summed E-state index contributed by atoms with van der Waals surface area (Å²) in [4.78, 5) is 14.5. The lowest BCUT2D eigenvalue weighted by Gasteiger charge is -2.38. The maximum atomic E-state index is 13.9. The van der Waals surface area contributed by atoms with Crippen molar-refractivity contribution < 1.29 is 14.3 Å². The van der Waals surface area contributed by atoms with E-state index in [4.69, 9.17) is 0 Å². The second-order valence-electron chi connectivity index (χ2n) is 6.47. The summed E-state index contributed by atoms with van der Waals surface area (Å²) in [6.45, 7) is 2.78. The van der Waals surface area contributed by atoms with Gasteiger partial charge in [0, 0.05) is 13.1 Å². The van der Waals surface area contributed by atoms with Gasteiger partial charge in [0.05, 0.1) is 18.7 Å². The number of carbonyl (C=O) groups is 1. The van der Waals surface area contributed by atoms with Crippen molar-refractivity contribution in [1.82, 2.24) is 10.2 Å². The van der Waals surface area contributed by atoms with Crippen molar-refractivity contribution in [2.75, 3.05) is 19.6 Å². The number of fused-ring (bicyclic) bond motifs is 1. The van der Waals surface area contributed by atoms with Gasteiger partial charge in [-0.15, -0.1) is 0 Å². The van der Waals surface area contributed by atoms with Gasteiger partial charge < -0.3 is 15.3 Å². The predicted octanol–water partition coefficient (Wildman–Crippen LogP) is 2.27. The molecule has 1 amide bonds. The Morgan fingerprint density at radius 3 is 2.80 bits per heavy atom. The van der Waals surface area contributed by atoms with Crippen LogP contribution in [0.15, 0.2) is 48.5 Å². The summed E-state index contributed by atoms with van der Waals surface area (Å²) >= 11 is 0. The molecule has 0 saturated heterocycles. The largest absolute Gasteiger partial charge is 0.392 e. The van der Waals surface area contributed by atoms with E-state index in [2.05, 4.69) is 5.32 Å². The lowest BCUT2D eigenvalue weighted by atomic mass is 9.88. The van der Waals surface area contributed by atoms with Gasteiger partial charge >= 0.3 is 0 Å². The van der Waals surface area contributed by atoms with Crippen LogP contribution < -0.4 is 5.32 Å². The van der Waals surface area contributed by atoms with E-state index in [0.717, 1.165) is 16.7 Å². The summed E-state index contributed by atoms with van der Waals surface area (Å²) < 4.78 is 13.9. The van der Waals surface area contributed by atoms with E-state index in [1.54, 1.807) is 11.8 Å². The molecule has 1 aliphatic heterocycles. The Bertz CT molecular complexity index is 734. The summed E-state index contributed by atoms with van der Waals surface area (Å²) in [6, 6.07) is 14.2. The van der Waals surface area contributed by atoms with Gasteiger partial charge in [0.15, 0.2) is 0 Å². The summed E-state index contributed by atoms with van der Waals surface area (Å²) in [6.07, 6.45) is 0.204. The Kier molecular flexibility index (Phi) is 5.46. The normalized spacial score (nSPS) is 17.9. The molecule has 25 heavy (non-hydrogen) atoms. The number of nitrogens with zero attached hydrogens (tertiary/aromatic N) is 1. The topological polar surface area (TPSA) is 52.6 Å². The van der Waals surface area contributed by atoms with Crippen molar-refractivity contribution in [2.24, 2.45) is 0 Å². The Hall–Kier alpha value is -2.24. The highest BCUT2D eigenvalue weighted by molar-refractivity contribution is 5.79. The summed E-state index contributed by atoms with van der Waals surface area (Å²) in [5, 5.41) is 12.3. The Morgan fingerprint density at radius 2 is 2.08 bits per heavy atom. The van der Waals surface area contributed by atoms with Gasteiger partial charge in [-0.3, -0.25) is 4.79 Å². The van der Waals surface area contributed by atoms with Crippen LogP contribution in [0.1, 0.15) is 29.7 Å². The third-order valence-electron chi connectivity index (χ3n) is 4.49. The van der Waals surface area contributed by atoms with Crippen LogP contribution in [0.4, 0.5) is 4.39 Å². The van der Waals surface area contributed by atoms with Crippen LogP contribution in [0.5, 0.6) is 0 Å². The molecule has 0 radical (unpaired) electrons. The minimum Gasteiger partial charge on any atom is -0.392 e. The number of halogens is 1. The van der Waals surface area contributed by atoms with Crippen LogP contribution in [0.3, 0.4) is 0 Å². The molecular weight excluding hydrogens is 319 g/mol. The number of carbonyl (C=O) groups excluding carboxylic acids is 1. The maximum absolute atomic E-state index is 13.9. The van der Waals surface area contributed by atoms with Crippen LogP contribution >= 0.6 is 0 Å². The van der Waals surface area contributed by atoms with Crippen LogP contribution in [-0.2, 0) is 11.2 Å². The van der Waals surface area contributed by atoms with E-state index < -0.39 is 6.10 Å². The minimum atomic E-state index is -0.506. The first-order chi connectivity index (χ1) is 12.1. The van der Waals surface area contributed by atoms with E-state index in [1.807, 2.05) is 36.4 Å². The number of nitrogens with one attached hydrogen (secondary N) is 1. The zero-order valence-electron chi connectivity index (χ0n) is 14.3. The lowest BCUT2D eigenvalue weighted by Crippen LogP contribution is -2.45. The van der Waals surface area contributed by atoms with Gasteiger partial charge in [-0.25, -0.2) is 4.39 Å². The van der Waals surface area contributed by atoms with Gasteiger partial charge in [0.25, 0.3) is 0 Å². The number of amides is 1. The van der Waals surface area contributed by atoms with Crippen LogP contribution in [0, 0.1) is 5.82 Å². The second-order valence-corrected chi connectivity index (χ2v) is 6.47. The third-order valence-corrected chi connectivity index (χ3v) is 4.49. The van der Waals surface area contributed by atoms with Gasteiger partial charge in [-0.2, -0.15) is 0 Å². The summed E-state index contributed by atoms with van der Waals surface area (Å²) in [5.74, 6) is -0.342. The van der Waals surface area contributed by atoms with E-state index in [9.17, 15) is 14.3 Å². The molecule has 0 aliphatic carbocycles. The van der Waals surface area contributed by atoms with Gasteiger partial charge in [0.1, 0.15) is 5.82 Å². The summed E-state index contributed by atoms with van der Waals surface area (Å²) in [5.41, 5.74) is 2.90. The van der Waals surface area contributed by atoms with Crippen LogP contribution in [-0.4, -0.2) is 41.7 Å². The van der Waals surface area contributed by atoms with Crippen molar-refractivity contribution in [3.8, 4) is 0 Å². The van der Waals surface area contributed by atoms with Crippen molar-refractivity contribution in [2.45, 2.75) is 25.5 Å². The Morgan fingerprint density at radius 1 is 1.32 bits per heavy atom. The summed E-state index contributed by atoms with van der Waals surface area (Å²) in [7, 11) is 0. The highest BCUT2D eigenvalue weighted by Crippen LogP contribution is 2.35. The molecule has 2 aromatic rings. The molecule has 0 fully saturated rings. The minimum absolute atomic E-state index is 0.0515. The maximum Gasteiger partial charge on any atom is 0.237 e. The lowest BCUT2D eigenvalue weighted by molar-refractivity contribution is -0.132. The van der Waals surface area contributed by atoms with Crippen molar-refractivity contribution in [3.63, 3.8) is 0 Å². The molecule has 4 nitrogen and oxygen atoms in total. The molecular formula is C20H23FN2O2. The molecule has 2 aromatic carbocycles. The van der Waals surface area contributed by atoms with Crippen LogP contribution in [0.2, 0.25) is 0 Å². The van der Waals surface area contributed by atoms with Gasteiger partial charge in [-0.05, 0) is 42.2 Å². The fourth-order valence-corrected chi connectivity index (χ4v) is 3.34. The molecule has 2 N–H and O–H groups in total. The predicted molar refractivity (Wildman–Crippen MR) is 94.7 cm³/mol. The molecule has 0 aromatic heterocycles. The van der Waals surface area contributed by atoms with Crippen molar-refractivity contribution in [3.05, 3.63) is 71.0 Å². The second kappa shape index (κ2) is 7.76. The Balaban J connectivity index is 1.91. The molecule has 0 saturated carbocycles. The van der Waals surface area contributed by atoms with Crippen LogP contribution in [0.25, 0.3) is 0 Å². The number of benzene rings is 2. The molecule has 132 valence electrons. The highest BCUT2D eigenvalue weighted by Gasteiger charge is 2.31. The molecule has 2 atom stereocenters. The average Bonchev–Trinajstić information content (AvgIpc) is 2.61. The first kappa shape index (κ1) is 17.6. The molecule has 0 spiro atoms. The number of aliphatic hydroxyl groups excluding tert-OH is 1. The zero-order chi connectivity index (χ0) is 17.8. The quantitative estimate of drug-likeness (QED) is 0.876. The smallest absolute Gasteiger partial charge is 0.237 e. The monoisotopic (exact) mass is 342 g/mol. The van der Waals surface area contributed by atoms with Gasteiger partial charge in [0.2, 0.25) is 5.91 Å². The third kappa shape index (κ3) is 4.06. The van der Waals surface area contributed by atoms with E-state index >= 15 is 0 Å². The molecule has 3 rings (SSSR count). The number of rotatable bonds is 5. The molecule has 1 aliphatic rings. The van der Waals surface area contributed by atoms with Gasteiger partial charge in [-0.1, -0.05) is 36.4 Å². The molecule has 1 heterocycles. The number of hydrogen-bond donors (Lipinski definition) is 2. The van der Waals surface area contributed by atoms with Crippen molar-refractivity contribution in [1.29, 1.82) is 0 Å². The first-order valence-electron chi connectivity index (χ1n) is 8.58.